The highest BCUT2D eigenvalue weighted by Gasteiger charge is 2.38. The fourth-order valence-electron chi connectivity index (χ4n) is 2.71. The van der Waals surface area contributed by atoms with Crippen molar-refractivity contribution >= 4 is 17.3 Å². The molecule has 0 unspecified atom stereocenters. The lowest BCUT2D eigenvalue weighted by atomic mass is 10.2. The zero-order valence-electron chi connectivity index (χ0n) is 15.1. The Bertz CT molecular complexity index is 735. The van der Waals surface area contributed by atoms with Crippen LogP contribution in [0.5, 0.6) is 0 Å². The number of aliphatic hydroxyl groups excluding tert-OH is 1. The quantitative estimate of drug-likeness (QED) is 0.697. The van der Waals surface area contributed by atoms with Crippen molar-refractivity contribution in [1.29, 1.82) is 0 Å². The van der Waals surface area contributed by atoms with Gasteiger partial charge in [0.1, 0.15) is 0 Å². The molecule has 0 bridgehead atoms. The van der Waals surface area contributed by atoms with Crippen molar-refractivity contribution in [1.82, 2.24) is 14.5 Å². The second-order valence-corrected chi connectivity index (χ2v) is 6.89. The van der Waals surface area contributed by atoms with Crippen LogP contribution < -0.4 is 0 Å². The van der Waals surface area contributed by atoms with E-state index in [1.54, 1.807) is 11.3 Å². The van der Waals surface area contributed by atoms with Gasteiger partial charge >= 0.3 is 12.1 Å². The van der Waals surface area contributed by atoms with Gasteiger partial charge in [0.05, 0.1) is 37.5 Å². The van der Waals surface area contributed by atoms with Gasteiger partial charge in [-0.1, -0.05) is 0 Å². The van der Waals surface area contributed by atoms with Gasteiger partial charge in [-0.2, -0.15) is 24.5 Å². The van der Waals surface area contributed by atoms with Crippen LogP contribution in [0.1, 0.15) is 23.4 Å². The van der Waals surface area contributed by atoms with Crippen molar-refractivity contribution in [3.8, 4) is 0 Å². The van der Waals surface area contributed by atoms with Crippen LogP contribution in [-0.4, -0.2) is 56.6 Å². The van der Waals surface area contributed by atoms with Gasteiger partial charge in [0, 0.05) is 26.2 Å². The molecule has 2 aromatic rings. The second kappa shape index (κ2) is 10.6. The van der Waals surface area contributed by atoms with E-state index in [2.05, 4.69) is 31.3 Å². The van der Waals surface area contributed by atoms with Crippen molar-refractivity contribution in [2.24, 2.45) is 0 Å². The zero-order valence-corrected chi connectivity index (χ0v) is 15.9. The van der Waals surface area contributed by atoms with E-state index in [-0.39, 0.29) is 6.61 Å². The molecule has 2 N–H and O–H groups in total. The molecule has 28 heavy (non-hydrogen) atoms. The maximum atomic E-state index is 10.6. The van der Waals surface area contributed by atoms with Crippen LogP contribution in [0.2, 0.25) is 0 Å². The fourth-order valence-corrected chi connectivity index (χ4v) is 3.37. The Balaban J connectivity index is 0.000000345. The van der Waals surface area contributed by atoms with E-state index in [1.807, 2.05) is 6.33 Å². The van der Waals surface area contributed by atoms with Crippen molar-refractivity contribution < 1.29 is 32.9 Å². The summed E-state index contributed by atoms with van der Waals surface area (Å²) in [7, 11) is 0. The number of ether oxygens (including phenoxy) is 1. The standard InChI is InChI=1S/C15H21N3O2S.C2HF3O2/c19-5-6-20-10-14-15-9-17(8-13-2-7-21-11-13)3-1-4-18(15)12-16-14;3-2(4,5)1(6)7/h2,7,11-12,19H,1,3-6,8-10H2;(H,6,7). The van der Waals surface area contributed by atoms with Gasteiger partial charge < -0.3 is 19.5 Å². The van der Waals surface area contributed by atoms with E-state index >= 15 is 0 Å². The van der Waals surface area contributed by atoms with E-state index in [0.717, 1.165) is 38.3 Å². The number of hydrogen-bond acceptors (Lipinski definition) is 6. The summed E-state index contributed by atoms with van der Waals surface area (Å²) < 4.78 is 39.4. The van der Waals surface area contributed by atoms with Crippen LogP contribution >= 0.6 is 11.3 Å². The lowest BCUT2D eigenvalue weighted by Gasteiger charge is -2.19. The molecule has 0 fully saturated rings. The first-order chi connectivity index (χ1) is 13.3. The average Bonchev–Trinajstić information content (AvgIpc) is 3.21. The number of alkyl halides is 3. The molecule has 0 saturated carbocycles. The molecule has 3 heterocycles. The number of rotatable bonds is 6. The molecule has 2 aromatic heterocycles. The predicted octanol–water partition coefficient (Wildman–Crippen LogP) is 2.49. The highest BCUT2D eigenvalue weighted by atomic mass is 32.1. The summed E-state index contributed by atoms with van der Waals surface area (Å²) in [4.78, 5) is 15.8. The monoisotopic (exact) mass is 421 g/mol. The molecule has 0 atom stereocenters. The Morgan fingerprint density at radius 1 is 1.36 bits per heavy atom. The van der Waals surface area contributed by atoms with Crippen LogP contribution in [0.15, 0.2) is 23.2 Å². The Kier molecular flexibility index (Phi) is 8.42. The molecule has 1 aliphatic rings. The summed E-state index contributed by atoms with van der Waals surface area (Å²) >= 11 is 1.75. The predicted molar refractivity (Wildman–Crippen MR) is 95.7 cm³/mol. The molecule has 1 aliphatic heterocycles. The number of thiophene rings is 1. The normalized spacial score (nSPS) is 14.7. The molecular weight excluding hydrogens is 399 g/mol. The third kappa shape index (κ3) is 6.89. The van der Waals surface area contributed by atoms with Crippen LogP contribution in [0.3, 0.4) is 0 Å². The molecule has 0 amide bonds. The number of aryl methyl sites for hydroxylation is 1. The van der Waals surface area contributed by atoms with Gasteiger partial charge in [0.2, 0.25) is 0 Å². The minimum absolute atomic E-state index is 0.0559. The van der Waals surface area contributed by atoms with Crippen LogP contribution in [0.25, 0.3) is 0 Å². The number of aromatic nitrogens is 2. The summed E-state index contributed by atoms with van der Waals surface area (Å²) in [6.07, 6.45) is -2.02. The maximum absolute atomic E-state index is 10.6. The van der Waals surface area contributed by atoms with E-state index in [9.17, 15) is 13.2 Å². The minimum Gasteiger partial charge on any atom is -0.475 e. The Morgan fingerprint density at radius 2 is 2.11 bits per heavy atom. The molecule has 0 radical (unpaired) electrons. The molecule has 0 aliphatic carbocycles. The number of carboxylic acids is 1. The lowest BCUT2D eigenvalue weighted by Crippen LogP contribution is -2.23. The lowest BCUT2D eigenvalue weighted by molar-refractivity contribution is -0.192. The third-order valence-corrected chi connectivity index (χ3v) is 4.71. The third-order valence-electron chi connectivity index (χ3n) is 3.98. The van der Waals surface area contributed by atoms with Crippen LogP contribution in [0.4, 0.5) is 13.2 Å². The number of carbonyl (C=O) groups is 1. The van der Waals surface area contributed by atoms with Crippen molar-refractivity contribution in [2.45, 2.75) is 38.8 Å². The summed E-state index contributed by atoms with van der Waals surface area (Å²) in [6.45, 7) is 4.93. The second-order valence-electron chi connectivity index (χ2n) is 6.11. The smallest absolute Gasteiger partial charge is 0.475 e. The number of hydrogen-bond donors (Lipinski definition) is 2. The highest BCUT2D eigenvalue weighted by Crippen LogP contribution is 2.19. The van der Waals surface area contributed by atoms with Crippen molar-refractivity contribution in [3.05, 3.63) is 40.1 Å². The molecule has 0 spiro atoms. The number of aliphatic carboxylic acids is 1. The van der Waals surface area contributed by atoms with Gasteiger partial charge in [-0.3, -0.25) is 4.90 Å². The number of fused-ring (bicyclic) bond motifs is 1. The van der Waals surface area contributed by atoms with Gasteiger partial charge in [0.15, 0.2) is 0 Å². The molecule has 11 heteroatoms. The van der Waals surface area contributed by atoms with Gasteiger partial charge in [-0.25, -0.2) is 9.78 Å². The minimum atomic E-state index is -5.08. The van der Waals surface area contributed by atoms with Gasteiger partial charge in [0.25, 0.3) is 0 Å². The summed E-state index contributed by atoms with van der Waals surface area (Å²) in [5.41, 5.74) is 3.63. The molecule has 156 valence electrons. The topological polar surface area (TPSA) is 87.8 Å². The molecule has 0 aromatic carbocycles. The number of aliphatic hydroxyl groups is 1. The highest BCUT2D eigenvalue weighted by molar-refractivity contribution is 7.07. The van der Waals surface area contributed by atoms with E-state index in [0.29, 0.717) is 13.2 Å². The van der Waals surface area contributed by atoms with E-state index in [1.165, 1.54) is 11.3 Å². The Morgan fingerprint density at radius 3 is 2.71 bits per heavy atom. The summed E-state index contributed by atoms with van der Waals surface area (Å²) in [5.74, 6) is -2.76. The molecule has 7 nitrogen and oxygen atoms in total. The van der Waals surface area contributed by atoms with E-state index in [4.69, 9.17) is 19.7 Å². The number of halogens is 3. The van der Waals surface area contributed by atoms with Crippen molar-refractivity contribution in [3.63, 3.8) is 0 Å². The summed E-state index contributed by atoms with van der Waals surface area (Å²) in [6, 6.07) is 2.19. The first-order valence-corrected chi connectivity index (χ1v) is 9.50. The van der Waals surface area contributed by atoms with Crippen molar-refractivity contribution in [2.75, 3.05) is 19.8 Å². The number of carboxylic acid groups (broad SMARTS) is 1. The molecule has 0 saturated heterocycles. The number of imidazole rings is 1. The summed E-state index contributed by atoms with van der Waals surface area (Å²) in [5, 5.41) is 20.3. The maximum Gasteiger partial charge on any atom is 0.490 e. The first kappa shape index (κ1) is 22.3. The first-order valence-electron chi connectivity index (χ1n) is 8.56. The van der Waals surface area contributed by atoms with Crippen LogP contribution in [-0.2, 0) is 35.8 Å². The average molecular weight is 421 g/mol. The van der Waals surface area contributed by atoms with Gasteiger partial charge in [-0.15, -0.1) is 0 Å². The Hall–Kier alpha value is -1.95. The zero-order chi connectivity index (χ0) is 20.6. The van der Waals surface area contributed by atoms with Gasteiger partial charge in [-0.05, 0) is 28.8 Å². The SMILES string of the molecule is O=C(O)C(F)(F)F.OCCOCc1ncn2c1CN(Cc1ccsc1)CCC2. The fraction of sp³-hybridized carbons (Fsp3) is 0.529. The Labute approximate surface area is 164 Å². The number of nitrogens with zero attached hydrogens (tertiary/aromatic N) is 3. The van der Waals surface area contributed by atoms with E-state index < -0.39 is 12.1 Å². The van der Waals surface area contributed by atoms with Crippen LogP contribution in [0, 0.1) is 0 Å². The molecular formula is C17H22F3N3O4S. The molecule has 3 rings (SSSR count). The largest absolute Gasteiger partial charge is 0.490 e.